The van der Waals surface area contributed by atoms with Crippen LogP contribution in [0.3, 0.4) is 0 Å². The number of rotatable bonds is 4. The Labute approximate surface area is 153 Å². The Morgan fingerprint density at radius 3 is 2.69 bits per heavy atom. The maximum atomic E-state index is 13.1. The lowest BCUT2D eigenvalue weighted by Gasteiger charge is -2.37. The van der Waals surface area contributed by atoms with E-state index in [-0.39, 0.29) is 11.9 Å². The lowest BCUT2D eigenvalue weighted by Crippen LogP contribution is -2.42. The Bertz CT molecular complexity index is 891. The van der Waals surface area contributed by atoms with Crippen LogP contribution in [0.15, 0.2) is 53.2 Å². The summed E-state index contributed by atoms with van der Waals surface area (Å²) in [6.45, 7) is 5.39. The van der Waals surface area contributed by atoms with Crippen molar-refractivity contribution in [2.75, 3.05) is 6.54 Å². The van der Waals surface area contributed by atoms with Gasteiger partial charge in [0.15, 0.2) is 0 Å². The summed E-state index contributed by atoms with van der Waals surface area (Å²) < 4.78 is 7.47. The molecule has 0 N–H and O–H groups in total. The molecule has 0 aliphatic carbocycles. The van der Waals surface area contributed by atoms with Crippen LogP contribution in [0.25, 0.3) is 0 Å². The number of hydrogen-bond donors (Lipinski definition) is 0. The summed E-state index contributed by atoms with van der Waals surface area (Å²) in [4.78, 5) is 15.1. The number of aromatic nitrogens is 2. The minimum atomic E-state index is -0.0304. The lowest BCUT2D eigenvalue weighted by atomic mass is 9.99. The van der Waals surface area contributed by atoms with Gasteiger partial charge in [-0.3, -0.25) is 4.79 Å². The molecule has 1 unspecified atom stereocenters. The van der Waals surface area contributed by atoms with Crippen molar-refractivity contribution >= 4 is 5.91 Å². The first-order chi connectivity index (χ1) is 12.6. The van der Waals surface area contributed by atoms with Crippen LogP contribution in [-0.2, 0) is 17.8 Å². The molecular weight excluding hydrogens is 326 g/mol. The van der Waals surface area contributed by atoms with E-state index in [2.05, 4.69) is 40.2 Å². The molecule has 0 bridgehead atoms. The van der Waals surface area contributed by atoms with Gasteiger partial charge in [0.2, 0.25) is 5.91 Å². The van der Waals surface area contributed by atoms with Crippen molar-refractivity contribution < 1.29 is 9.32 Å². The Balaban J connectivity index is 1.59. The highest BCUT2D eigenvalue weighted by atomic mass is 16.5. The smallest absolute Gasteiger partial charge is 0.223 e. The second kappa shape index (κ2) is 6.83. The van der Waals surface area contributed by atoms with Gasteiger partial charge in [-0.15, -0.1) is 0 Å². The molecule has 1 aliphatic heterocycles. The predicted octanol–water partition coefficient (Wildman–Crippen LogP) is 3.66. The highest BCUT2D eigenvalue weighted by molar-refractivity contribution is 5.77. The first-order valence-electron chi connectivity index (χ1n) is 9.06. The van der Waals surface area contributed by atoms with Crippen molar-refractivity contribution in [1.82, 2.24) is 14.6 Å². The lowest BCUT2D eigenvalue weighted by molar-refractivity contribution is -0.133. The molecule has 1 atom stereocenters. The Kier molecular flexibility index (Phi) is 4.37. The second-order valence-electron chi connectivity index (χ2n) is 6.83. The Morgan fingerprint density at radius 1 is 1.15 bits per heavy atom. The number of benzene rings is 1. The normalized spacial score (nSPS) is 16.5. The quantitative estimate of drug-likeness (QED) is 0.722. The van der Waals surface area contributed by atoms with Crippen LogP contribution in [0.5, 0.6) is 0 Å². The van der Waals surface area contributed by atoms with E-state index in [9.17, 15) is 4.79 Å². The minimum Gasteiger partial charge on any atom is -0.361 e. The highest BCUT2D eigenvalue weighted by Gasteiger charge is 2.31. The fraction of sp³-hybridized carbons (Fsp3) is 0.333. The van der Waals surface area contributed by atoms with Gasteiger partial charge in [0.25, 0.3) is 0 Å². The van der Waals surface area contributed by atoms with Crippen molar-refractivity contribution in [2.45, 2.75) is 39.3 Å². The molecule has 5 nitrogen and oxygen atoms in total. The molecule has 26 heavy (non-hydrogen) atoms. The van der Waals surface area contributed by atoms with Crippen LogP contribution in [-0.4, -0.2) is 27.1 Å². The van der Waals surface area contributed by atoms with Crippen LogP contribution in [0.4, 0.5) is 0 Å². The maximum absolute atomic E-state index is 13.1. The van der Waals surface area contributed by atoms with Crippen LogP contribution in [0.1, 0.15) is 40.7 Å². The number of carbonyl (C=O) groups is 1. The number of fused-ring (bicyclic) bond motifs is 1. The molecule has 0 saturated carbocycles. The fourth-order valence-electron chi connectivity index (χ4n) is 3.87. The van der Waals surface area contributed by atoms with Gasteiger partial charge in [-0.1, -0.05) is 35.5 Å². The van der Waals surface area contributed by atoms with E-state index >= 15 is 0 Å². The molecule has 0 spiro atoms. The van der Waals surface area contributed by atoms with Gasteiger partial charge in [0.05, 0.1) is 11.7 Å². The SMILES string of the molecule is Cc1noc(C)c1CCC(=O)N1CCn2cccc2C1c1ccccc1. The molecule has 1 aromatic carbocycles. The van der Waals surface area contributed by atoms with Crippen LogP contribution < -0.4 is 0 Å². The van der Waals surface area contributed by atoms with Gasteiger partial charge in [-0.2, -0.15) is 0 Å². The molecule has 0 radical (unpaired) electrons. The van der Waals surface area contributed by atoms with Crippen molar-refractivity contribution in [1.29, 1.82) is 0 Å². The van der Waals surface area contributed by atoms with Crippen LogP contribution in [0.2, 0.25) is 0 Å². The topological polar surface area (TPSA) is 51.3 Å². The van der Waals surface area contributed by atoms with Crippen LogP contribution >= 0.6 is 0 Å². The van der Waals surface area contributed by atoms with Crippen molar-refractivity contribution in [3.63, 3.8) is 0 Å². The summed E-state index contributed by atoms with van der Waals surface area (Å²) in [5.41, 5.74) is 4.25. The summed E-state index contributed by atoms with van der Waals surface area (Å²) in [6, 6.07) is 14.4. The molecule has 1 aliphatic rings. The van der Waals surface area contributed by atoms with Gasteiger partial charge < -0.3 is 14.0 Å². The molecule has 3 heterocycles. The van der Waals surface area contributed by atoms with Gasteiger partial charge in [0.1, 0.15) is 5.76 Å². The first-order valence-corrected chi connectivity index (χ1v) is 9.06. The molecule has 0 saturated heterocycles. The molecular formula is C21H23N3O2. The fourth-order valence-corrected chi connectivity index (χ4v) is 3.87. The summed E-state index contributed by atoms with van der Waals surface area (Å²) in [5.74, 6) is 0.980. The Hall–Kier alpha value is -2.82. The summed E-state index contributed by atoms with van der Waals surface area (Å²) in [5, 5.41) is 3.99. The zero-order chi connectivity index (χ0) is 18.1. The van der Waals surface area contributed by atoms with Crippen molar-refractivity contribution in [2.24, 2.45) is 0 Å². The number of hydrogen-bond acceptors (Lipinski definition) is 3. The molecule has 1 amide bonds. The monoisotopic (exact) mass is 349 g/mol. The van der Waals surface area contributed by atoms with Crippen molar-refractivity contribution in [3.8, 4) is 0 Å². The van der Waals surface area contributed by atoms with E-state index in [4.69, 9.17) is 4.52 Å². The Morgan fingerprint density at radius 2 is 1.96 bits per heavy atom. The van der Waals surface area contributed by atoms with Gasteiger partial charge in [-0.25, -0.2) is 0 Å². The van der Waals surface area contributed by atoms with Gasteiger partial charge in [-0.05, 0) is 38.0 Å². The number of nitrogens with zero attached hydrogens (tertiary/aromatic N) is 3. The minimum absolute atomic E-state index is 0.0304. The van der Waals surface area contributed by atoms with Gasteiger partial charge in [0, 0.05) is 37.0 Å². The number of carbonyl (C=O) groups excluding carboxylic acids is 1. The van der Waals surface area contributed by atoms with E-state index in [1.165, 1.54) is 5.69 Å². The number of aryl methyl sites for hydroxylation is 2. The third kappa shape index (κ3) is 2.94. The maximum Gasteiger partial charge on any atom is 0.223 e. The van der Waals surface area contributed by atoms with Gasteiger partial charge >= 0.3 is 0 Å². The molecule has 2 aromatic heterocycles. The molecule has 0 fully saturated rings. The second-order valence-corrected chi connectivity index (χ2v) is 6.83. The third-order valence-corrected chi connectivity index (χ3v) is 5.24. The average molecular weight is 349 g/mol. The zero-order valence-electron chi connectivity index (χ0n) is 15.2. The first kappa shape index (κ1) is 16.6. The van der Waals surface area contributed by atoms with Crippen LogP contribution in [0, 0.1) is 13.8 Å². The highest BCUT2D eigenvalue weighted by Crippen LogP contribution is 2.33. The molecule has 5 heteroatoms. The van der Waals surface area contributed by atoms with Crippen molar-refractivity contribution in [3.05, 3.63) is 76.9 Å². The summed E-state index contributed by atoms with van der Waals surface area (Å²) in [7, 11) is 0. The number of amides is 1. The largest absolute Gasteiger partial charge is 0.361 e. The standard InChI is InChI=1S/C21H23N3O2/c1-15-18(16(2)26-22-15)10-11-20(25)24-14-13-23-12-6-9-19(23)21(24)17-7-4-3-5-8-17/h3-9,12,21H,10-11,13-14H2,1-2H3. The summed E-state index contributed by atoms with van der Waals surface area (Å²) >= 11 is 0. The van der Waals surface area contributed by atoms with E-state index in [0.29, 0.717) is 12.8 Å². The van der Waals surface area contributed by atoms with E-state index < -0.39 is 0 Å². The third-order valence-electron chi connectivity index (χ3n) is 5.24. The summed E-state index contributed by atoms with van der Waals surface area (Å²) in [6.07, 6.45) is 3.23. The zero-order valence-corrected chi connectivity index (χ0v) is 15.2. The molecule has 3 aromatic rings. The van der Waals surface area contributed by atoms with E-state index in [0.717, 1.165) is 35.7 Å². The predicted molar refractivity (Wildman–Crippen MR) is 98.7 cm³/mol. The van der Waals surface area contributed by atoms with E-state index in [1.54, 1.807) is 0 Å². The average Bonchev–Trinajstić information content (AvgIpc) is 3.26. The molecule has 134 valence electrons. The van der Waals surface area contributed by atoms with E-state index in [1.807, 2.05) is 36.9 Å². The molecule has 4 rings (SSSR count).